The van der Waals surface area contributed by atoms with Crippen LogP contribution in [0.3, 0.4) is 0 Å². The van der Waals surface area contributed by atoms with E-state index in [0.29, 0.717) is 38.5 Å². The van der Waals surface area contributed by atoms with E-state index in [4.69, 9.17) is 4.74 Å². The van der Waals surface area contributed by atoms with Crippen molar-refractivity contribution in [2.45, 2.75) is 19.0 Å². The minimum absolute atomic E-state index is 0.105. The van der Waals surface area contributed by atoms with E-state index in [1.807, 2.05) is 35.0 Å². The van der Waals surface area contributed by atoms with Crippen LogP contribution in [0.2, 0.25) is 0 Å². The molecule has 0 aromatic heterocycles. The number of rotatable bonds is 8. The van der Waals surface area contributed by atoms with Crippen molar-refractivity contribution in [2.24, 2.45) is 0 Å². The molecule has 0 spiro atoms. The number of amides is 1. The number of halogens is 3. The Labute approximate surface area is 180 Å². The highest BCUT2D eigenvalue weighted by Gasteiger charge is 2.32. The van der Waals surface area contributed by atoms with Gasteiger partial charge < -0.3 is 15.0 Å². The molecule has 2 aromatic carbocycles. The summed E-state index contributed by atoms with van der Waals surface area (Å²) in [5, 5.41) is 2.70. The summed E-state index contributed by atoms with van der Waals surface area (Å²) in [7, 11) is 1.83. The number of hydrogen-bond acceptors (Lipinski definition) is 4. The maximum Gasteiger partial charge on any atom is 0.416 e. The number of benzene rings is 2. The summed E-state index contributed by atoms with van der Waals surface area (Å²) in [4.78, 5) is 16.4. The Hall–Kier alpha value is -2.58. The zero-order valence-corrected chi connectivity index (χ0v) is 17.6. The Bertz CT molecular complexity index is 853. The number of nitrogens with one attached hydrogen (secondary N) is 1. The van der Waals surface area contributed by atoms with Gasteiger partial charge in [0.2, 0.25) is 5.91 Å². The fourth-order valence-corrected chi connectivity index (χ4v) is 3.60. The van der Waals surface area contributed by atoms with Crippen LogP contribution in [0.1, 0.15) is 17.5 Å². The Morgan fingerprint density at radius 2 is 1.84 bits per heavy atom. The van der Waals surface area contributed by atoms with Gasteiger partial charge in [0.15, 0.2) is 0 Å². The second kappa shape index (κ2) is 10.6. The van der Waals surface area contributed by atoms with Crippen LogP contribution in [0, 0.1) is 0 Å². The summed E-state index contributed by atoms with van der Waals surface area (Å²) in [5.41, 5.74) is 1.21. The number of nitrogens with zero attached hydrogens (tertiary/aromatic N) is 2. The van der Waals surface area contributed by atoms with Crippen LogP contribution in [0.25, 0.3) is 0 Å². The lowest BCUT2D eigenvalue weighted by Gasteiger charge is -2.31. The largest absolute Gasteiger partial charge is 0.416 e. The molecule has 1 aliphatic rings. The lowest BCUT2D eigenvalue weighted by atomic mass is 10.1. The van der Waals surface area contributed by atoms with Crippen molar-refractivity contribution in [3.63, 3.8) is 0 Å². The Morgan fingerprint density at radius 3 is 2.52 bits per heavy atom. The van der Waals surface area contributed by atoms with E-state index < -0.39 is 11.7 Å². The number of aryl methyl sites for hydroxylation is 1. The standard InChI is InChI=1S/C23H28F3N3O2/c1-28(11-5-8-18-6-3-2-4-7-18)17-22(30)27-20-16-19(23(24,25)26)9-10-21(20)29-12-14-31-15-13-29/h2-4,6-7,9-10,16H,5,8,11-15,17H2,1H3,(H,27,30). The van der Waals surface area contributed by atoms with E-state index >= 15 is 0 Å². The van der Waals surface area contributed by atoms with Gasteiger partial charge in [-0.1, -0.05) is 30.3 Å². The number of morpholine rings is 1. The lowest BCUT2D eigenvalue weighted by molar-refractivity contribution is -0.137. The van der Waals surface area contributed by atoms with Gasteiger partial charge in [0.1, 0.15) is 0 Å². The number of alkyl halides is 3. The van der Waals surface area contributed by atoms with Gasteiger partial charge in [-0.2, -0.15) is 13.2 Å². The second-order valence-electron chi connectivity index (χ2n) is 7.70. The smallest absolute Gasteiger partial charge is 0.378 e. The fraction of sp³-hybridized carbons (Fsp3) is 0.435. The van der Waals surface area contributed by atoms with Crippen LogP contribution in [-0.4, -0.2) is 57.2 Å². The monoisotopic (exact) mass is 435 g/mol. The van der Waals surface area contributed by atoms with Crippen molar-refractivity contribution < 1.29 is 22.7 Å². The Kier molecular flexibility index (Phi) is 7.92. The molecule has 0 saturated carbocycles. The van der Waals surface area contributed by atoms with E-state index in [0.717, 1.165) is 25.0 Å². The highest BCUT2D eigenvalue weighted by Crippen LogP contribution is 2.35. The van der Waals surface area contributed by atoms with Crippen molar-refractivity contribution in [1.82, 2.24) is 4.90 Å². The number of likely N-dealkylation sites (N-methyl/N-ethyl adjacent to an activating group) is 1. The highest BCUT2D eigenvalue weighted by atomic mass is 19.4. The molecule has 0 aliphatic carbocycles. The summed E-state index contributed by atoms with van der Waals surface area (Å²) in [6.07, 6.45) is -2.69. The number of carbonyl (C=O) groups is 1. The molecule has 1 fully saturated rings. The van der Waals surface area contributed by atoms with Gasteiger partial charge in [0.25, 0.3) is 0 Å². The fourth-order valence-electron chi connectivity index (χ4n) is 3.60. The highest BCUT2D eigenvalue weighted by molar-refractivity contribution is 5.95. The van der Waals surface area contributed by atoms with Gasteiger partial charge in [-0.15, -0.1) is 0 Å². The predicted octanol–water partition coefficient (Wildman–Crippen LogP) is 4.05. The quantitative estimate of drug-likeness (QED) is 0.680. The molecular formula is C23H28F3N3O2. The molecule has 0 unspecified atom stereocenters. The molecule has 0 atom stereocenters. The van der Waals surface area contributed by atoms with E-state index in [1.54, 1.807) is 0 Å². The van der Waals surface area contributed by atoms with Crippen LogP contribution in [0.15, 0.2) is 48.5 Å². The summed E-state index contributed by atoms with van der Waals surface area (Å²) in [5.74, 6) is -0.337. The summed E-state index contributed by atoms with van der Waals surface area (Å²) in [6, 6.07) is 13.6. The molecule has 2 aromatic rings. The van der Waals surface area contributed by atoms with Gasteiger partial charge >= 0.3 is 6.18 Å². The van der Waals surface area contributed by atoms with Gasteiger partial charge in [0, 0.05) is 13.1 Å². The van der Waals surface area contributed by atoms with Gasteiger partial charge in [-0.3, -0.25) is 9.69 Å². The maximum atomic E-state index is 13.2. The average molecular weight is 435 g/mol. The second-order valence-corrected chi connectivity index (χ2v) is 7.70. The number of hydrogen-bond donors (Lipinski definition) is 1. The molecule has 1 amide bonds. The zero-order valence-electron chi connectivity index (χ0n) is 17.6. The third kappa shape index (κ3) is 6.97. The predicted molar refractivity (Wildman–Crippen MR) is 115 cm³/mol. The first-order valence-electron chi connectivity index (χ1n) is 10.4. The summed E-state index contributed by atoms with van der Waals surface area (Å²) < 4.78 is 45.0. The van der Waals surface area contributed by atoms with Crippen LogP contribution in [0.4, 0.5) is 24.5 Å². The van der Waals surface area contributed by atoms with Crippen molar-refractivity contribution in [3.05, 3.63) is 59.7 Å². The molecule has 168 valence electrons. The first-order valence-corrected chi connectivity index (χ1v) is 10.4. The molecule has 8 heteroatoms. The van der Waals surface area contributed by atoms with E-state index in [9.17, 15) is 18.0 Å². The normalized spacial score (nSPS) is 14.7. The Balaban J connectivity index is 1.61. The lowest BCUT2D eigenvalue weighted by Crippen LogP contribution is -2.37. The first-order chi connectivity index (χ1) is 14.8. The van der Waals surface area contributed by atoms with E-state index in [1.165, 1.54) is 11.6 Å². The van der Waals surface area contributed by atoms with E-state index in [2.05, 4.69) is 17.4 Å². The van der Waals surface area contributed by atoms with Crippen molar-refractivity contribution >= 4 is 17.3 Å². The van der Waals surface area contributed by atoms with Crippen molar-refractivity contribution in [3.8, 4) is 0 Å². The molecule has 1 aliphatic heterocycles. The van der Waals surface area contributed by atoms with Gasteiger partial charge in [-0.05, 0) is 50.2 Å². The molecule has 1 saturated heterocycles. The SMILES string of the molecule is CN(CCCc1ccccc1)CC(=O)Nc1cc(C(F)(F)F)ccc1N1CCOCC1. The topological polar surface area (TPSA) is 44.8 Å². The van der Waals surface area contributed by atoms with Crippen LogP contribution in [0.5, 0.6) is 0 Å². The van der Waals surface area contributed by atoms with Crippen molar-refractivity contribution in [1.29, 1.82) is 0 Å². The maximum absolute atomic E-state index is 13.2. The molecule has 3 rings (SSSR count). The van der Waals surface area contributed by atoms with Crippen LogP contribution in [-0.2, 0) is 22.1 Å². The molecule has 31 heavy (non-hydrogen) atoms. The molecule has 1 N–H and O–H groups in total. The molecular weight excluding hydrogens is 407 g/mol. The Morgan fingerprint density at radius 1 is 1.13 bits per heavy atom. The molecule has 5 nitrogen and oxygen atoms in total. The minimum atomic E-state index is -4.47. The van der Waals surface area contributed by atoms with Crippen LogP contribution < -0.4 is 10.2 Å². The van der Waals surface area contributed by atoms with Crippen molar-refractivity contribution in [2.75, 3.05) is 56.7 Å². The molecule has 0 radical (unpaired) electrons. The third-order valence-electron chi connectivity index (χ3n) is 5.21. The minimum Gasteiger partial charge on any atom is -0.378 e. The number of carbonyl (C=O) groups excluding carboxylic acids is 1. The van der Waals surface area contributed by atoms with Crippen LogP contribution >= 0.6 is 0 Å². The van der Waals surface area contributed by atoms with Gasteiger partial charge in [-0.25, -0.2) is 0 Å². The van der Waals surface area contributed by atoms with E-state index in [-0.39, 0.29) is 18.1 Å². The van der Waals surface area contributed by atoms with Gasteiger partial charge in [0.05, 0.1) is 36.7 Å². The number of anilines is 2. The first kappa shape index (κ1) is 23.1. The summed E-state index contributed by atoms with van der Waals surface area (Å²) in [6.45, 7) is 2.94. The molecule has 0 bridgehead atoms. The summed E-state index contributed by atoms with van der Waals surface area (Å²) >= 11 is 0. The average Bonchev–Trinajstić information content (AvgIpc) is 2.74. The zero-order chi connectivity index (χ0) is 22.3. The third-order valence-corrected chi connectivity index (χ3v) is 5.21. The molecule has 1 heterocycles. The number of ether oxygens (including phenoxy) is 1.